The lowest BCUT2D eigenvalue weighted by atomic mass is 10.1. The van der Waals surface area contributed by atoms with E-state index in [-0.39, 0.29) is 15.5 Å². The van der Waals surface area contributed by atoms with E-state index in [0.717, 1.165) is 15.7 Å². The minimum Gasteiger partial charge on any atom is -0.331 e. The van der Waals surface area contributed by atoms with Crippen LogP contribution < -0.4 is 5.32 Å². The van der Waals surface area contributed by atoms with E-state index < -0.39 is 15.9 Å². The molecule has 1 amide bonds. The quantitative estimate of drug-likeness (QED) is 0.647. The highest BCUT2D eigenvalue weighted by Gasteiger charge is 2.22. The lowest BCUT2D eigenvalue weighted by Gasteiger charge is -2.14. The standard InChI is InChI=1S/C20H21ClN4O3S/c1-14-22-10-11-25(14)13-15-4-7-17(8-5-15)23-20(26)16-6-9-18(21)19(12-16)29(27,28)24(2)3/h4-12H,13H2,1-3H3,(H,23,26). The van der Waals surface area contributed by atoms with Crippen LogP contribution in [0.2, 0.25) is 5.02 Å². The number of amides is 1. The summed E-state index contributed by atoms with van der Waals surface area (Å²) in [6, 6.07) is 11.6. The summed E-state index contributed by atoms with van der Waals surface area (Å²) in [6.07, 6.45) is 3.66. The van der Waals surface area contributed by atoms with Crippen LogP contribution in [0.3, 0.4) is 0 Å². The third kappa shape index (κ3) is 4.67. The van der Waals surface area contributed by atoms with Gasteiger partial charge in [-0.2, -0.15) is 0 Å². The van der Waals surface area contributed by atoms with Crippen molar-refractivity contribution in [1.82, 2.24) is 13.9 Å². The van der Waals surface area contributed by atoms with Crippen molar-refractivity contribution < 1.29 is 13.2 Å². The van der Waals surface area contributed by atoms with Gasteiger partial charge >= 0.3 is 0 Å². The first-order chi connectivity index (χ1) is 13.7. The van der Waals surface area contributed by atoms with Crippen molar-refractivity contribution in [2.24, 2.45) is 0 Å². The zero-order valence-electron chi connectivity index (χ0n) is 16.3. The molecule has 0 aliphatic rings. The Hall–Kier alpha value is -2.68. The molecule has 1 N–H and O–H groups in total. The number of nitrogens with one attached hydrogen (secondary N) is 1. The van der Waals surface area contributed by atoms with Crippen LogP contribution in [0.4, 0.5) is 5.69 Å². The van der Waals surface area contributed by atoms with E-state index in [4.69, 9.17) is 11.6 Å². The highest BCUT2D eigenvalue weighted by Crippen LogP contribution is 2.25. The van der Waals surface area contributed by atoms with E-state index in [1.165, 1.54) is 32.3 Å². The number of aromatic nitrogens is 2. The van der Waals surface area contributed by atoms with Crippen LogP contribution in [0.1, 0.15) is 21.7 Å². The first-order valence-electron chi connectivity index (χ1n) is 8.78. The van der Waals surface area contributed by atoms with E-state index in [1.807, 2.05) is 29.8 Å². The topological polar surface area (TPSA) is 84.3 Å². The second kappa shape index (κ2) is 8.36. The molecule has 9 heteroatoms. The van der Waals surface area contributed by atoms with Crippen LogP contribution in [0.25, 0.3) is 0 Å². The summed E-state index contributed by atoms with van der Waals surface area (Å²) in [6.45, 7) is 2.62. The van der Waals surface area contributed by atoms with Crippen LogP contribution in [-0.2, 0) is 16.6 Å². The minimum atomic E-state index is -3.76. The largest absolute Gasteiger partial charge is 0.331 e. The number of hydrogen-bond donors (Lipinski definition) is 1. The molecule has 0 aliphatic carbocycles. The van der Waals surface area contributed by atoms with Gasteiger partial charge in [-0.1, -0.05) is 23.7 Å². The van der Waals surface area contributed by atoms with Crippen molar-refractivity contribution in [3.05, 3.63) is 76.8 Å². The Bertz CT molecular complexity index is 1140. The van der Waals surface area contributed by atoms with Gasteiger partial charge in [0, 0.05) is 44.3 Å². The van der Waals surface area contributed by atoms with Gasteiger partial charge in [-0.05, 0) is 42.8 Å². The SMILES string of the molecule is Cc1nccn1Cc1ccc(NC(=O)c2ccc(Cl)c(S(=O)(=O)N(C)C)c2)cc1. The summed E-state index contributed by atoms with van der Waals surface area (Å²) in [7, 11) is -0.941. The predicted molar refractivity (Wildman–Crippen MR) is 113 cm³/mol. The Morgan fingerprint density at radius 1 is 1.17 bits per heavy atom. The Balaban J connectivity index is 1.76. The summed E-state index contributed by atoms with van der Waals surface area (Å²) < 4.78 is 27.8. The average molecular weight is 433 g/mol. The van der Waals surface area contributed by atoms with Crippen LogP contribution >= 0.6 is 11.6 Å². The smallest absolute Gasteiger partial charge is 0.255 e. The molecule has 0 saturated carbocycles. The van der Waals surface area contributed by atoms with Crippen LogP contribution in [-0.4, -0.2) is 42.3 Å². The number of sulfonamides is 1. The number of nitrogens with zero attached hydrogens (tertiary/aromatic N) is 3. The molecule has 7 nitrogen and oxygen atoms in total. The molecule has 0 atom stereocenters. The lowest BCUT2D eigenvalue weighted by Crippen LogP contribution is -2.23. The predicted octanol–water partition coefficient (Wildman–Crippen LogP) is 3.40. The van der Waals surface area contributed by atoms with Crippen molar-refractivity contribution in [3.63, 3.8) is 0 Å². The molecule has 0 fully saturated rings. The van der Waals surface area contributed by atoms with Gasteiger partial charge in [0.15, 0.2) is 0 Å². The number of aryl methyl sites for hydroxylation is 1. The highest BCUT2D eigenvalue weighted by molar-refractivity contribution is 7.89. The van der Waals surface area contributed by atoms with E-state index in [1.54, 1.807) is 18.3 Å². The van der Waals surface area contributed by atoms with Crippen LogP contribution in [0.5, 0.6) is 0 Å². The zero-order valence-corrected chi connectivity index (χ0v) is 17.8. The number of hydrogen-bond acceptors (Lipinski definition) is 4. The molecular weight excluding hydrogens is 412 g/mol. The van der Waals surface area contributed by atoms with Crippen molar-refractivity contribution in [1.29, 1.82) is 0 Å². The molecule has 0 bridgehead atoms. The number of halogens is 1. The van der Waals surface area contributed by atoms with Crippen molar-refractivity contribution in [3.8, 4) is 0 Å². The number of rotatable bonds is 6. The van der Waals surface area contributed by atoms with E-state index in [2.05, 4.69) is 10.3 Å². The van der Waals surface area contributed by atoms with Crippen molar-refractivity contribution >= 4 is 33.2 Å². The summed E-state index contributed by atoms with van der Waals surface area (Å²) in [4.78, 5) is 16.7. The molecule has 1 heterocycles. The van der Waals surface area contributed by atoms with Gasteiger partial charge in [0.05, 0.1) is 5.02 Å². The Morgan fingerprint density at radius 3 is 2.45 bits per heavy atom. The first-order valence-corrected chi connectivity index (χ1v) is 10.6. The number of carbonyl (C=O) groups excluding carboxylic acids is 1. The molecule has 0 saturated heterocycles. The maximum absolute atomic E-state index is 12.6. The summed E-state index contributed by atoms with van der Waals surface area (Å²) in [5, 5.41) is 2.84. The fourth-order valence-electron chi connectivity index (χ4n) is 2.70. The summed E-state index contributed by atoms with van der Waals surface area (Å²) >= 11 is 6.03. The molecule has 0 radical (unpaired) electrons. The van der Waals surface area contributed by atoms with Crippen LogP contribution in [0, 0.1) is 6.92 Å². The third-order valence-electron chi connectivity index (χ3n) is 4.44. The Kier molecular flexibility index (Phi) is 6.07. The molecule has 29 heavy (non-hydrogen) atoms. The lowest BCUT2D eigenvalue weighted by molar-refractivity contribution is 0.102. The fraction of sp³-hybridized carbons (Fsp3) is 0.200. The number of imidazole rings is 1. The van der Waals surface area contributed by atoms with Gasteiger partial charge in [0.1, 0.15) is 10.7 Å². The molecular formula is C20H21ClN4O3S. The molecule has 0 unspecified atom stereocenters. The first kappa shape index (κ1) is 21.0. The zero-order chi connectivity index (χ0) is 21.2. The molecule has 0 aliphatic heterocycles. The minimum absolute atomic E-state index is 0.0643. The number of carbonyl (C=O) groups is 1. The summed E-state index contributed by atoms with van der Waals surface area (Å²) in [5.41, 5.74) is 1.87. The normalized spacial score (nSPS) is 11.6. The summed E-state index contributed by atoms with van der Waals surface area (Å²) in [5.74, 6) is 0.503. The number of anilines is 1. The fourth-order valence-corrected chi connectivity index (χ4v) is 4.10. The van der Waals surface area contributed by atoms with Gasteiger partial charge in [0.2, 0.25) is 10.0 Å². The molecule has 2 aromatic carbocycles. The van der Waals surface area contributed by atoms with E-state index in [0.29, 0.717) is 12.2 Å². The van der Waals surface area contributed by atoms with E-state index >= 15 is 0 Å². The molecule has 3 rings (SSSR count). The van der Waals surface area contributed by atoms with Gasteiger partial charge in [-0.25, -0.2) is 17.7 Å². The molecule has 3 aromatic rings. The second-order valence-corrected chi connectivity index (χ2v) is 9.21. The van der Waals surface area contributed by atoms with Gasteiger partial charge in [-0.15, -0.1) is 0 Å². The van der Waals surface area contributed by atoms with Gasteiger partial charge < -0.3 is 9.88 Å². The van der Waals surface area contributed by atoms with Crippen LogP contribution in [0.15, 0.2) is 59.8 Å². The Morgan fingerprint density at radius 2 is 1.86 bits per heavy atom. The molecule has 1 aromatic heterocycles. The second-order valence-electron chi connectivity index (χ2n) is 6.69. The maximum Gasteiger partial charge on any atom is 0.255 e. The highest BCUT2D eigenvalue weighted by atomic mass is 35.5. The van der Waals surface area contributed by atoms with Crippen molar-refractivity contribution in [2.75, 3.05) is 19.4 Å². The van der Waals surface area contributed by atoms with Gasteiger partial charge in [-0.3, -0.25) is 4.79 Å². The maximum atomic E-state index is 12.6. The van der Waals surface area contributed by atoms with E-state index in [9.17, 15) is 13.2 Å². The van der Waals surface area contributed by atoms with Gasteiger partial charge in [0.25, 0.3) is 5.91 Å². The Labute approximate surface area is 175 Å². The average Bonchev–Trinajstić information content (AvgIpc) is 3.08. The monoisotopic (exact) mass is 432 g/mol. The molecule has 152 valence electrons. The molecule has 0 spiro atoms. The number of benzene rings is 2. The third-order valence-corrected chi connectivity index (χ3v) is 6.74. The van der Waals surface area contributed by atoms with Crippen molar-refractivity contribution in [2.45, 2.75) is 18.4 Å².